The van der Waals surface area contributed by atoms with Crippen molar-refractivity contribution in [2.24, 2.45) is 0 Å². The predicted molar refractivity (Wildman–Crippen MR) is 83.9 cm³/mol. The fourth-order valence-corrected chi connectivity index (χ4v) is 2.39. The molecule has 0 unspecified atom stereocenters. The molecule has 21 heavy (non-hydrogen) atoms. The van der Waals surface area contributed by atoms with Gasteiger partial charge in [-0.2, -0.15) is 0 Å². The molecule has 0 aliphatic rings. The van der Waals surface area contributed by atoms with Crippen LogP contribution in [0.25, 0.3) is 0 Å². The Bertz CT molecular complexity index is 693. The third-order valence-corrected chi connectivity index (χ3v) is 3.79. The average Bonchev–Trinajstić information content (AvgIpc) is 2.49. The monoisotopic (exact) mass is 304 g/mol. The Morgan fingerprint density at radius 3 is 2.19 bits per heavy atom. The summed E-state index contributed by atoms with van der Waals surface area (Å²) in [5.41, 5.74) is 3.09. The Labute approximate surface area is 129 Å². The van der Waals surface area contributed by atoms with Gasteiger partial charge in [-0.3, -0.25) is 4.79 Å². The van der Waals surface area contributed by atoms with Crippen molar-refractivity contribution in [1.29, 1.82) is 0 Å². The van der Waals surface area contributed by atoms with E-state index in [9.17, 15) is 4.79 Å². The highest BCUT2D eigenvalue weighted by molar-refractivity contribution is 6.35. The molecule has 0 aliphatic heterocycles. The summed E-state index contributed by atoms with van der Waals surface area (Å²) in [6.45, 7) is 3.92. The number of methoxy groups -OCH3 is 2. The number of hydrogen-bond acceptors (Lipinski definition) is 3. The number of hydrogen-bond donors (Lipinski definition) is 0. The molecular formula is C17H17ClO3. The molecular weight excluding hydrogens is 288 g/mol. The van der Waals surface area contributed by atoms with E-state index in [-0.39, 0.29) is 5.78 Å². The average molecular weight is 305 g/mol. The van der Waals surface area contributed by atoms with Crippen LogP contribution in [-0.4, -0.2) is 20.0 Å². The molecule has 0 aliphatic carbocycles. The van der Waals surface area contributed by atoms with E-state index >= 15 is 0 Å². The largest absolute Gasteiger partial charge is 0.493 e. The van der Waals surface area contributed by atoms with Gasteiger partial charge >= 0.3 is 0 Å². The molecule has 0 saturated carbocycles. The fraction of sp³-hybridized carbons (Fsp3) is 0.235. The van der Waals surface area contributed by atoms with Crippen LogP contribution >= 0.6 is 11.6 Å². The number of ether oxygens (including phenoxy) is 2. The fourth-order valence-electron chi connectivity index (χ4n) is 2.09. The lowest BCUT2D eigenvalue weighted by Crippen LogP contribution is -2.04. The van der Waals surface area contributed by atoms with Crippen molar-refractivity contribution >= 4 is 17.4 Å². The molecule has 3 nitrogen and oxygen atoms in total. The summed E-state index contributed by atoms with van der Waals surface area (Å²) in [4.78, 5) is 12.6. The van der Waals surface area contributed by atoms with E-state index in [4.69, 9.17) is 21.1 Å². The number of halogens is 1. The zero-order valence-electron chi connectivity index (χ0n) is 12.5. The van der Waals surface area contributed by atoms with Crippen molar-refractivity contribution in [3.63, 3.8) is 0 Å². The maximum Gasteiger partial charge on any atom is 0.194 e. The molecule has 4 heteroatoms. The minimum absolute atomic E-state index is 0.135. The second-order valence-corrected chi connectivity index (χ2v) is 5.22. The van der Waals surface area contributed by atoms with Gasteiger partial charge in [0.1, 0.15) is 0 Å². The van der Waals surface area contributed by atoms with Crippen molar-refractivity contribution in [3.8, 4) is 11.5 Å². The Morgan fingerprint density at radius 2 is 1.57 bits per heavy atom. The molecule has 0 bridgehead atoms. The SMILES string of the molecule is COc1ccc(C(=O)c2cc(C)c(C)cc2Cl)cc1OC. The molecule has 2 rings (SSSR count). The number of benzene rings is 2. The summed E-state index contributed by atoms with van der Waals surface area (Å²) in [6, 6.07) is 8.70. The zero-order chi connectivity index (χ0) is 15.6. The van der Waals surface area contributed by atoms with Crippen molar-refractivity contribution in [1.82, 2.24) is 0 Å². The summed E-state index contributed by atoms with van der Waals surface area (Å²) in [5, 5.41) is 0.456. The molecule has 0 amide bonds. The first kappa shape index (κ1) is 15.4. The highest BCUT2D eigenvalue weighted by Crippen LogP contribution is 2.30. The smallest absolute Gasteiger partial charge is 0.194 e. The molecule has 0 heterocycles. The van der Waals surface area contributed by atoms with Crippen LogP contribution in [0.3, 0.4) is 0 Å². The molecule has 0 aromatic heterocycles. The van der Waals surface area contributed by atoms with Gasteiger partial charge in [-0.25, -0.2) is 0 Å². The van der Waals surface area contributed by atoms with Crippen LogP contribution in [0.1, 0.15) is 27.0 Å². The van der Waals surface area contributed by atoms with Crippen LogP contribution < -0.4 is 9.47 Å². The summed E-state index contributed by atoms with van der Waals surface area (Å²) in [5.74, 6) is 0.965. The normalized spacial score (nSPS) is 10.3. The highest BCUT2D eigenvalue weighted by Gasteiger charge is 2.16. The number of carbonyl (C=O) groups is 1. The van der Waals surface area contributed by atoms with Gasteiger partial charge in [-0.1, -0.05) is 11.6 Å². The topological polar surface area (TPSA) is 35.5 Å². The molecule has 0 atom stereocenters. The van der Waals surface area contributed by atoms with Crippen LogP contribution in [0.5, 0.6) is 11.5 Å². The molecule has 0 N–H and O–H groups in total. The van der Waals surface area contributed by atoms with Gasteiger partial charge in [0.05, 0.1) is 19.2 Å². The van der Waals surface area contributed by atoms with E-state index in [1.807, 2.05) is 26.0 Å². The first-order valence-corrected chi connectivity index (χ1v) is 6.89. The minimum Gasteiger partial charge on any atom is -0.493 e. The molecule has 0 fully saturated rings. The zero-order valence-corrected chi connectivity index (χ0v) is 13.2. The molecule has 2 aromatic rings. The first-order valence-electron chi connectivity index (χ1n) is 6.51. The molecule has 0 saturated heterocycles. The van der Waals surface area contributed by atoms with E-state index in [1.165, 1.54) is 7.11 Å². The molecule has 2 aromatic carbocycles. The van der Waals surface area contributed by atoms with Gasteiger partial charge in [0.25, 0.3) is 0 Å². The van der Waals surface area contributed by atoms with E-state index in [0.717, 1.165) is 11.1 Å². The van der Waals surface area contributed by atoms with Crippen LogP contribution in [0, 0.1) is 13.8 Å². The minimum atomic E-state index is -0.135. The number of aryl methyl sites for hydroxylation is 2. The molecule has 0 radical (unpaired) electrons. The maximum atomic E-state index is 12.6. The van der Waals surface area contributed by atoms with Gasteiger partial charge in [0.15, 0.2) is 17.3 Å². The summed E-state index contributed by atoms with van der Waals surface area (Å²) >= 11 is 6.20. The van der Waals surface area contributed by atoms with Crippen molar-refractivity contribution < 1.29 is 14.3 Å². The lowest BCUT2D eigenvalue weighted by Gasteiger charge is -2.11. The second kappa shape index (κ2) is 6.19. The van der Waals surface area contributed by atoms with E-state index < -0.39 is 0 Å². The van der Waals surface area contributed by atoms with Crippen molar-refractivity contribution in [3.05, 3.63) is 57.6 Å². The number of carbonyl (C=O) groups excluding carboxylic acids is 1. The third-order valence-electron chi connectivity index (χ3n) is 3.47. The Hall–Kier alpha value is -2.00. The van der Waals surface area contributed by atoms with Gasteiger partial charge in [0, 0.05) is 11.1 Å². The van der Waals surface area contributed by atoms with Crippen LogP contribution in [0.15, 0.2) is 30.3 Å². The summed E-state index contributed by atoms with van der Waals surface area (Å²) in [6.07, 6.45) is 0. The molecule has 110 valence electrons. The quantitative estimate of drug-likeness (QED) is 0.794. The lowest BCUT2D eigenvalue weighted by atomic mass is 9.99. The third kappa shape index (κ3) is 3.03. The van der Waals surface area contributed by atoms with E-state index in [1.54, 1.807) is 25.3 Å². The van der Waals surface area contributed by atoms with Gasteiger partial charge in [0.2, 0.25) is 0 Å². The second-order valence-electron chi connectivity index (χ2n) is 4.82. The Kier molecular flexibility index (Phi) is 4.53. The highest BCUT2D eigenvalue weighted by atomic mass is 35.5. The molecule has 0 spiro atoms. The van der Waals surface area contributed by atoms with Crippen LogP contribution in [-0.2, 0) is 0 Å². The van der Waals surface area contributed by atoms with Crippen molar-refractivity contribution in [2.75, 3.05) is 14.2 Å². The van der Waals surface area contributed by atoms with Crippen LogP contribution in [0.4, 0.5) is 0 Å². The van der Waals surface area contributed by atoms with Crippen molar-refractivity contribution in [2.45, 2.75) is 13.8 Å². The predicted octanol–water partition coefficient (Wildman–Crippen LogP) is 4.21. The van der Waals surface area contributed by atoms with Gasteiger partial charge in [-0.05, 0) is 55.3 Å². The summed E-state index contributed by atoms with van der Waals surface area (Å²) in [7, 11) is 3.09. The van der Waals surface area contributed by atoms with E-state index in [2.05, 4.69) is 0 Å². The standard InChI is InChI=1S/C17H17ClO3/c1-10-7-13(14(18)8-11(10)2)17(19)12-5-6-15(20-3)16(9-12)21-4/h5-9H,1-4H3. The van der Waals surface area contributed by atoms with E-state index in [0.29, 0.717) is 27.6 Å². The van der Waals surface area contributed by atoms with Gasteiger partial charge < -0.3 is 9.47 Å². The van der Waals surface area contributed by atoms with Gasteiger partial charge in [-0.15, -0.1) is 0 Å². The number of ketones is 1. The number of rotatable bonds is 4. The first-order chi connectivity index (χ1) is 9.97. The summed E-state index contributed by atoms with van der Waals surface area (Å²) < 4.78 is 10.4. The lowest BCUT2D eigenvalue weighted by molar-refractivity contribution is 0.103. The van der Waals surface area contributed by atoms with Crippen LogP contribution in [0.2, 0.25) is 5.02 Å². The maximum absolute atomic E-state index is 12.6. The Morgan fingerprint density at radius 1 is 0.952 bits per heavy atom. The Balaban J connectivity index is 2.47.